The fourth-order valence-corrected chi connectivity index (χ4v) is 0.386. The van der Waals surface area contributed by atoms with Crippen molar-refractivity contribution in [3.8, 4) is 0 Å². The van der Waals surface area contributed by atoms with Crippen LogP contribution in [-0.4, -0.2) is 10.5 Å². The van der Waals surface area contributed by atoms with Gasteiger partial charge in [0, 0.05) is 12.8 Å². The van der Waals surface area contributed by atoms with Crippen molar-refractivity contribution in [2.75, 3.05) is 0 Å². The fourth-order valence-electron chi connectivity index (χ4n) is 0.197. The molecule has 9 heavy (non-hydrogen) atoms. The van der Waals surface area contributed by atoms with E-state index in [-0.39, 0.29) is 25.2 Å². The van der Waals surface area contributed by atoms with Crippen molar-refractivity contribution in [2.45, 2.75) is 12.8 Å². The lowest BCUT2D eigenvalue weighted by atomic mass is 10.4. The zero-order valence-corrected chi connectivity index (χ0v) is 6.72. The van der Waals surface area contributed by atoms with Gasteiger partial charge in [0.2, 0.25) is 10.5 Å². The van der Waals surface area contributed by atoms with Gasteiger partial charge in [-0.25, -0.2) is 0 Å². The molecule has 0 saturated carbocycles. The minimum atomic E-state index is -0.529. The van der Waals surface area contributed by atoms with E-state index in [1.807, 2.05) is 0 Å². The standard InChI is InChI=1S/C4H4Cl2O2.ClH/c5-3(7)1-2-4(6)8;/h1-2H2;1H. The SMILES string of the molecule is Cl.O=C(Cl)CCC(=O)Cl. The molecule has 0 N–H and O–H groups in total. The first-order chi connectivity index (χ1) is 3.63. The summed E-state index contributed by atoms with van der Waals surface area (Å²) >= 11 is 9.74. The molecule has 0 aliphatic heterocycles. The number of rotatable bonds is 3. The summed E-state index contributed by atoms with van der Waals surface area (Å²) in [7, 11) is 0. The van der Waals surface area contributed by atoms with Crippen molar-refractivity contribution < 1.29 is 9.59 Å². The summed E-state index contributed by atoms with van der Waals surface area (Å²) in [5.74, 6) is 0. The summed E-state index contributed by atoms with van der Waals surface area (Å²) in [4.78, 5) is 19.8. The van der Waals surface area contributed by atoms with Gasteiger partial charge in [0.1, 0.15) is 0 Å². The highest BCUT2D eigenvalue weighted by molar-refractivity contribution is 6.65. The van der Waals surface area contributed by atoms with Crippen molar-refractivity contribution in [3.63, 3.8) is 0 Å². The van der Waals surface area contributed by atoms with Crippen LogP contribution < -0.4 is 0 Å². The average molecular weight is 191 g/mol. The third-order valence-corrected chi connectivity index (χ3v) is 0.896. The molecule has 54 valence electrons. The van der Waals surface area contributed by atoms with Crippen LogP contribution in [0.25, 0.3) is 0 Å². The van der Waals surface area contributed by atoms with Gasteiger partial charge in [-0.2, -0.15) is 0 Å². The summed E-state index contributed by atoms with van der Waals surface area (Å²) in [6.45, 7) is 0. The highest BCUT2D eigenvalue weighted by Crippen LogP contribution is 1.97. The molecule has 0 atom stereocenters. The number of carbonyl (C=O) groups is 2. The molecule has 0 aromatic heterocycles. The lowest BCUT2D eigenvalue weighted by Gasteiger charge is -1.83. The Morgan fingerprint density at radius 2 is 1.22 bits per heavy atom. The summed E-state index contributed by atoms with van der Waals surface area (Å²) in [6.07, 6.45) is 0.0633. The summed E-state index contributed by atoms with van der Waals surface area (Å²) in [6, 6.07) is 0. The molecule has 0 aliphatic carbocycles. The van der Waals surface area contributed by atoms with E-state index < -0.39 is 10.5 Å². The van der Waals surface area contributed by atoms with E-state index in [1.165, 1.54) is 0 Å². The normalized spacial score (nSPS) is 7.78. The Hall–Kier alpha value is 0.210. The van der Waals surface area contributed by atoms with Crippen LogP contribution in [0.2, 0.25) is 0 Å². The number of hydrogen-bond acceptors (Lipinski definition) is 2. The Morgan fingerprint density at radius 3 is 1.33 bits per heavy atom. The largest absolute Gasteiger partial charge is 0.281 e. The molecular formula is C4H5Cl3O2. The Morgan fingerprint density at radius 1 is 1.00 bits per heavy atom. The molecule has 0 amide bonds. The molecule has 0 fully saturated rings. The predicted octanol–water partition coefficient (Wildman–Crippen LogP) is 1.72. The Labute approximate surface area is 68.9 Å². The maximum Gasteiger partial charge on any atom is 0.222 e. The third kappa shape index (κ3) is 11.7. The lowest BCUT2D eigenvalue weighted by molar-refractivity contribution is -0.116. The van der Waals surface area contributed by atoms with Gasteiger partial charge >= 0.3 is 0 Å². The molecule has 2 nitrogen and oxygen atoms in total. The maximum absolute atomic E-state index is 9.90. The van der Waals surface area contributed by atoms with Crippen LogP contribution in [0.15, 0.2) is 0 Å². The van der Waals surface area contributed by atoms with Crippen LogP contribution in [0.5, 0.6) is 0 Å². The summed E-state index contributed by atoms with van der Waals surface area (Å²) in [5.41, 5.74) is 0. The first kappa shape index (κ1) is 11.9. The molecule has 0 spiro atoms. The smallest absolute Gasteiger partial charge is 0.222 e. The van der Waals surface area contributed by atoms with Gasteiger partial charge in [0.25, 0.3) is 0 Å². The van der Waals surface area contributed by atoms with Gasteiger partial charge in [-0.15, -0.1) is 12.4 Å². The van der Waals surface area contributed by atoms with Crippen molar-refractivity contribution >= 4 is 46.1 Å². The van der Waals surface area contributed by atoms with Gasteiger partial charge in [-0.05, 0) is 23.2 Å². The van der Waals surface area contributed by atoms with E-state index in [9.17, 15) is 9.59 Å². The average Bonchev–Trinajstić information content (AvgIpc) is 1.61. The zero-order valence-electron chi connectivity index (χ0n) is 4.39. The van der Waals surface area contributed by atoms with Crippen LogP contribution in [0.1, 0.15) is 12.8 Å². The second kappa shape index (κ2) is 6.33. The topological polar surface area (TPSA) is 34.1 Å². The van der Waals surface area contributed by atoms with E-state index >= 15 is 0 Å². The number of carbonyl (C=O) groups excluding carboxylic acids is 2. The van der Waals surface area contributed by atoms with Gasteiger partial charge in [-0.1, -0.05) is 0 Å². The monoisotopic (exact) mass is 190 g/mol. The van der Waals surface area contributed by atoms with Crippen LogP contribution in [0.3, 0.4) is 0 Å². The van der Waals surface area contributed by atoms with E-state index in [0.29, 0.717) is 0 Å². The zero-order chi connectivity index (χ0) is 6.57. The maximum atomic E-state index is 9.90. The molecule has 0 unspecified atom stereocenters. The van der Waals surface area contributed by atoms with Gasteiger partial charge in [0.05, 0.1) is 0 Å². The molecule has 0 aromatic carbocycles. The lowest BCUT2D eigenvalue weighted by Crippen LogP contribution is -1.90. The summed E-state index contributed by atoms with van der Waals surface area (Å²) in [5, 5.41) is -1.06. The Kier molecular flexibility index (Phi) is 8.40. The summed E-state index contributed by atoms with van der Waals surface area (Å²) < 4.78 is 0. The molecule has 0 aromatic rings. The fraction of sp³-hybridized carbons (Fsp3) is 0.500. The van der Waals surface area contributed by atoms with E-state index in [1.54, 1.807) is 0 Å². The highest BCUT2D eigenvalue weighted by atomic mass is 35.5. The van der Waals surface area contributed by atoms with Gasteiger partial charge in [0.15, 0.2) is 0 Å². The quantitative estimate of drug-likeness (QED) is 0.637. The molecule has 0 radical (unpaired) electrons. The molecule has 0 saturated heterocycles. The number of halogens is 3. The molecule has 0 heterocycles. The second-order valence-electron chi connectivity index (χ2n) is 1.21. The van der Waals surface area contributed by atoms with Crippen LogP contribution in [0, 0.1) is 0 Å². The molecule has 0 bridgehead atoms. The highest BCUT2D eigenvalue weighted by Gasteiger charge is 1.99. The molecule has 0 rings (SSSR count). The molecule has 5 heteroatoms. The van der Waals surface area contributed by atoms with Crippen molar-refractivity contribution in [1.82, 2.24) is 0 Å². The molecule has 0 aliphatic rings. The van der Waals surface area contributed by atoms with Crippen LogP contribution in [-0.2, 0) is 9.59 Å². The Bertz CT molecular complexity index is 98.4. The van der Waals surface area contributed by atoms with E-state index in [2.05, 4.69) is 0 Å². The van der Waals surface area contributed by atoms with Crippen molar-refractivity contribution in [2.24, 2.45) is 0 Å². The first-order valence-electron chi connectivity index (χ1n) is 1.99. The van der Waals surface area contributed by atoms with Crippen LogP contribution >= 0.6 is 35.6 Å². The molecular weight excluding hydrogens is 186 g/mol. The number of hydrogen-bond donors (Lipinski definition) is 0. The van der Waals surface area contributed by atoms with Crippen molar-refractivity contribution in [3.05, 3.63) is 0 Å². The van der Waals surface area contributed by atoms with Crippen LogP contribution in [0.4, 0.5) is 0 Å². The first-order valence-corrected chi connectivity index (χ1v) is 2.75. The van der Waals surface area contributed by atoms with Gasteiger partial charge < -0.3 is 0 Å². The minimum absolute atomic E-state index is 0. The minimum Gasteiger partial charge on any atom is -0.281 e. The van der Waals surface area contributed by atoms with Gasteiger partial charge in [-0.3, -0.25) is 9.59 Å². The van der Waals surface area contributed by atoms with E-state index in [4.69, 9.17) is 23.2 Å². The second-order valence-corrected chi connectivity index (χ2v) is 2.05. The Balaban J connectivity index is 0. The van der Waals surface area contributed by atoms with Crippen molar-refractivity contribution in [1.29, 1.82) is 0 Å². The third-order valence-electron chi connectivity index (χ3n) is 0.518. The van der Waals surface area contributed by atoms with E-state index in [0.717, 1.165) is 0 Å². The predicted molar refractivity (Wildman–Crippen MR) is 38.2 cm³/mol.